The van der Waals surface area contributed by atoms with E-state index in [1.165, 1.54) is 37.4 Å². The molecule has 44 heavy (non-hydrogen) atoms. The highest BCUT2D eigenvalue weighted by atomic mass is 32.2. The Labute approximate surface area is 254 Å². The van der Waals surface area contributed by atoms with Gasteiger partial charge in [-0.15, -0.1) is 0 Å². The summed E-state index contributed by atoms with van der Waals surface area (Å²) in [6.07, 6.45) is 0.646. The number of esters is 1. The molecule has 1 unspecified atom stereocenters. The molecule has 0 aromatic heterocycles. The summed E-state index contributed by atoms with van der Waals surface area (Å²) in [5, 5.41) is 36.6. The number of methoxy groups -OCH3 is 1. The molecule has 1 heterocycles. The summed E-state index contributed by atoms with van der Waals surface area (Å²) in [5.74, 6) is -9.22. The fourth-order valence-electron chi connectivity index (χ4n) is 4.26. The molecule has 0 aliphatic carbocycles. The van der Waals surface area contributed by atoms with E-state index >= 15 is 0 Å². The Balaban J connectivity index is 1.55. The van der Waals surface area contributed by atoms with Crippen LogP contribution in [0.25, 0.3) is 0 Å². The zero-order chi connectivity index (χ0) is 32.7. The molecule has 3 rings (SSSR count). The summed E-state index contributed by atoms with van der Waals surface area (Å²) in [7, 11) is 1.17. The van der Waals surface area contributed by atoms with Crippen molar-refractivity contribution in [3.63, 3.8) is 0 Å². The first-order valence-electron chi connectivity index (χ1n) is 13.4. The molecule has 1 aliphatic rings. The van der Waals surface area contributed by atoms with Gasteiger partial charge in [-0.2, -0.15) is 8.78 Å². The first kappa shape index (κ1) is 34.6. The van der Waals surface area contributed by atoms with Crippen molar-refractivity contribution in [3.05, 3.63) is 69.3 Å². The Morgan fingerprint density at radius 3 is 2.52 bits per heavy atom. The maximum absolute atomic E-state index is 14.9. The first-order valence-corrected chi connectivity index (χ1v) is 14.3. The second-order valence-corrected chi connectivity index (χ2v) is 11.3. The topological polar surface area (TPSA) is 177 Å². The largest absolute Gasteiger partial charge is 0.612 e. The Morgan fingerprint density at radius 2 is 1.91 bits per heavy atom. The number of carbonyl (C=O) groups is 4. The highest BCUT2D eigenvalue weighted by Gasteiger charge is 2.40. The van der Waals surface area contributed by atoms with Crippen LogP contribution in [-0.2, 0) is 25.5 Å². The van der Waals surface area contributed by atoms with E-state index in [-0.39, 0.29) is 59.7 Å². The number of phenols is 1. The number of nitrogens with one attached hydrogen (secondary N) is 2. The standard InChI is InChI=1S/C28H31F3N3O9S/c1-28(30,31)27(39)33-19(14-16-9-10-17(18(29)13-16)22-15-23(36)34(40,41)44-22)25(37)32-11-4-3-5-12-43-21-8-6-7-20(35)24(21)26(38)42-2/h6-10,13,19,22,35H,3-5,11-12,14-15H2,1-2H3,(H,32,37)(H,33,39)/q-1/t19-,22?/m0/s1. The average Bonchev–Trinajstić information content (AvgIpc) is 3.22. The van der Waals surface area contributed by atoms with Gasteiger partial charge in [-0.25, -0.2) is 14.0 Å². The first-order chi connectivity index (χ1) is 20.6. The fourth-order valence-corrected chi connectivity index (χ4v) is 5.31. The number of hydrogen-bond donors (Lipinski definition) is 3. The van der Waals surface area contributed by atoms with Crippen LogP contribution in [0.4, 0.5) is 13.2 Å². The molecule has 12 nitrogen and oxygen atoms in total. The van der Waals surface area contributed by atoms with E-state index in [2.05, 4.69) is 10.1 Å². The number of benzene rings is 2. The summed E-state index contributed by atoms with van der Waals surface area (Å²) in [5.41, 5.74) is -0.0272. The third kappa shape index (κ3) is 9.07. The lowest BCUT2D eigenvalue weighted by atomic mass is 10.0. The van der Waals surface area contributed by atoms with E-state index in [4.69, 9.17) is 4.74 Å². The van der Waals surface area contributed by atoms with Crippen LogP contribution < -0.4 is 15.4 Å². The minimum absolute atomic E-state index is 0.0708. The Hall–Kier alpha value is -3.86. The normalized spacial score (nSPS) is 16.7. The molecular formula is C28H31F3N3O9S-. The van der Waals surface area contributed by atoms with Crippen molar-refractivity contribution in [2.45, 2.75) is 56.2 Å². The van der Waals surface area contributed by atoms with Gasteiger partial charge in [-0.1, -0.05) is 18.2 Å². The number of hydrogen-bond acceptors (Lipinski definition) is 10. The third-order valence-corrected chi connectivity index (χ3v) is 7.73. The van der Waals surface area contributed by atoms with Crippen LogP contribution in [0.15, 0.2) is 36.4 Å². The summed E-state index contributed by atoms with van der Waals surface area (Å²) in [6, 6.07) is 6.39. The number of aromatic hydroxyl groups is 1. The molecule has 1 aliphatic heterocycles. The zero-order valence-electron chi connectivity index (χ0n) is 23.8. The van der Waals surface area contributed by atoms with Crippen molar-refractivity contribution in [2.24, 2.45) is 0 Å². The Kier molecular flexibility index (Phi) is 11.6. The maximum Gasteiger partial charge on any atom is 0.345 e. The quantitative estimate of drug-likeness (QED) is 0.0903. The zero-order valence-corrected chi connectivity index (χ0v) is 24.6. The monoisotopic (exact) mass is 642 g/mol. The summed E-state index contributed by atoms with van der Waals surface area (Å²) in [4.78, 5) is 48.2. The molecule has 3 N–H and O–H groups in total. The number of alkyl halides is 2. The van der Waals surface area contributed by atoms with E-state index < -0.39 is 57.4 Å². The van der Waals surface area contributed by atoms with Crippen LogP contribution in [0.2, 0.25) is 0 Å². The highest BCUT2D eigenvalue weighted by Crippen LogP contribution is 2.47. The van der Waals surface area contributed by atoms with Gasteiger partial charge in [0.05, 0.1) is 32.1 Å². The Bertz CT molecular complexity index is 1390. The highest BCUT2D eigenvalue weighted by molar-refractivity contribution is 7.94. The number of hydroxylamine groups is 2. The van der Waals surface area contributed by atoms with Crippen LogP contribution in [-0.4, -0.2) is 65.2 Å². The molecule has 2 aromatic carbocycles. The lowest BCUT2D eigenvalue weighted by Crippen LogP contribution is -2.52. The maximum atomic E-state index is 14.9. The van der Waals surface area contributed by atoms with Crippen molar-refractivity contribution in [1.29, 1.82) is 0 Å². The predicted octanol–water partition coefficient (Wildman–Crippen LogP) is 3.80. The van der Waals surface area contributed by atoms with Crippen molar-refractivity contribution in [1.82, 2.24) is 10.6 Å². The van der Waals surface area contributed by atoms with Gasteiger partial charge in [0, 0.05) is 25.5 Å². The smallest absolute Gasteiger partial charge is 0.345 e. The van der Waals surface area contributed by atoms with E-state index in [0.29, 0.717) is 26.2 Å². The summed E-state index contributed by atoms with van der Waals surface area (Å²) < 4.78 is 49.8. The number of carbonyl (C=O) groups excluding carboxylic acids is 4. The molecule has 0 bridgehead atoms. The van der Waals surface area contributed by atoms with Gasteiger partial charge in [0.25, 0.3) is 5.91 Å². The van der Waals surface area contributed by atoms with Crippen LogP contribution in [0.5, 0.6) is 11.5 Å². The molecule has 240 valence electrons. The lowest BCUT2D eigenvalue weighted by molar-refractivity contribution is -0.593. The van der Waals surface area contributed by atoms with Crippen molar-refractivity contribution in [3.8, 4) is 11.5 Å². The molecule has 1 fully saturated rings. The molecule has 3 amide bonds. The fraction of sp³-hybridized carbons (Fsp3) is 0.429. The van der Waals surface area contributed by atoms with Gasteiger partial charge < -0.3 is 35.6 Å². The molecule has 0 radical (unpaired) electrons. The number of rotatable bonds is 14. The summed E-state index contributed by atoms with van der Waals surface area (Å²) >= 11 is 0.193. The van der Waals surface area contributed by atoms with Gasteiger partial charge >= 0.3 is 17.8 Å². The van der Waals surface area contributed by atoms with Crippen molar-refractivity contribution >= 4 is 35.6 Å². The number of quaternary nitrogens is 1. The minimum Gasteiger partial charge on any atom is -0.612 e. The number of ether oxygens (including phenoxy) is 2. The number of unbranched alkanes of at least 4 members (excludes halogenated alkanes) is 2. The molecule has 2 atom stereocenters. The van der Waals surface area contributed by atoms with Gasteiger partial charge in [0.15, 0.2) is 0 Å². The van der Waals surface area contributed by atoms with Crippen molar-refractivity contribution in [2.75, 3.05) is 20.3 Å². The summed E-state index contributed by atoms with van der Waals surface area (Å²) in [6.45, 7) is 0.645. The van der Waals surface area contributed by atoms with E-state index in [1.807, 2.05) is 5.32 Å². The lowest BCUT2D eigenvalue weighted by Gasteiger charge is -2.36. The second-order valence-electron chi connectivity index (χ2n) is 10.0. The SMILES string of the molecule is COC(=O)c1c(O)cccc1OCCCCCNC(=O)[C@H](Cc1ccc(C2CC(=O)[N+]([O-])([O-])S2)c(F)c1)NC(=O)C(C)(F)F. The third-order valence-electron chi connectivity index (χ3n) is 6.58. The molecule has 2 aromatic rings. The second kappa shape index (κ2) is 14.7. The van der Waals surface area contributed by atoms with Gasteiger partial charge in [0.2, 0.25) is 5.91 Å². The molecule has 0 saturated carbocycles. The van der Waals surface area contributed by atoms with E-state index in [1.54, 1.807) is 0 Å². The average molecular weight is 643 g/mol. The van der Waals surface area contributed by atoms with Crippen LogP contribution >= 0.6 is 11.9 Å². The van der Waals surface area contributed by atoms with Crippen LogP contribution in [0, 0.1) is 16.2 Å². The van der Waals surface area contributed by atoms with Gasteiger partial charge in [0.1, 0.15) is 34.2 Å². The number of amides is 3. The number of phenolic OH excluding ortho intramolecular Hbond substituents is 1. The predicted molar refractivity (Wildman–Crippen MR) is 151 cm³/mol. The van der Waals surface area contributed by atoms with Crippen molar-refractivity contribution < 1.29 is 51.1 Å². The number of halogens is 3. The molecule has 16 heteroatoms. The molecule has 1 saturated heterocycles. The number of nitrogens with zero attached hydrogens (tertiary/aromatic N) is 1. The van der Waals surface area contributed by atoms with Crippen LogP contribution in [0.1, 0.15) is 59.3 Å². The van der Waals surface area contributed by atoms with E-state index in [0.717, 1.165) is 6.07 Å². The van der Waals surface area contributed by atoms with Crippen LogP contribution in [0.3, 0.4) is 0 Å². The van der Waals surface area contributed by atoms with E-state index in [9.17, 15) is 47.9 Å². The van der Waals surface area contributed by atoms with Gasteiger partial charge in [-0.05, 0) is 43.0 Å². The Morgan fingerprint density at radius 1 is 1.18 bits per heavy atom. The molecule has 0 spiro atoms. The molecular weight excluding hydrogens is 611 g/mol. The van der Waals surface area contributed by atoms with Gasteiger partial charge in [-0.3, -0.25) is 13.8 Å². The minimum atomic E-state index is -3.79.